The number of nitrogens with one attached hydrogen (secondary N) is 1. The van der Waals surface area contributed by atoms with E-state index in [-0.39, 0.29) is 30.3 Å². The number of benzene rings is 2. The first-order chi connectivity index (χ1) is 16.5. The molecule has 1 amide bonds. The summed E-state index contributed by atoms with van der Waals surface area (Å²) in [6.45, 7) is 2.27. The minimum Gasteiger partial charge on any atom is -0.494 e. The molecule has 0 spiro atoms. The molecule has 0 unspecified atom stereocenters. The minimum atomic E-state index is -0.573. The number of para-hydroxylation sites is 1. The van der Waals surface area contributed by atoms with Crippen LogP contribution in [0.5, 0.6) is 5.75 Å². The van der Waals surface area contributed by atoms with Crippen LogP contribution in [0.1, 0.15) is 30.1 Å². The van der Waals surface area contributed by atoms with E-state index in [4.69, 9.17) is 21.1 Å². The van der Waals surface area contributed by atoms with Crippen molar-refractivity contribution in [2.24, 2.45) is 0 Å². The van der Waals surface area contributed by atoms with Crippen LogP contribution >= 0.6 is 11.6 Å². The lowest BCUT2D eigenvalue weighted by molar-refractivity contribution is -0.116. The summed E-state index contributed by atoms with van der Waals surface area (Å²) in [7, 11) is 0. The van der Waals surface area contributed by atoms with E-state index in [1.54, 1.807) is 37.3 Å². The van der Waals surface area contributed by atoms with E-state index in [1.165, 1.54) is 10.9 Å². The number of nitrogens with zero attached hydrogens (tertiary/aromatic N) is 3. The second-order valence-electron chi connectivity index (χ2n) is 7.36. The molecule has 2 heterocycles. The molecule has 0 atom stereocenters. The van der Waals surface area contributed by atoms with Crippen molar-refractivity contribution in [3.05, 3.63) is 77.4 Å². The number of rotatable bonds is 9. The summed E-state index contributed by atoms with van der Waals surface area (Å²) >= 11 is 5.87. The number of amides is 1. The van der Waals surface area contributed by atoms with E-state index in [1.807, 2.05) is 30.3 Å². The molecule has 0 bridgehead atoms. The van der Waals surface area contributed by atoms with Gasteiger partial charge in [-0.15, -0.1) is 0 Å². The van der Waals surface area contributed by atoms with Gasteiger partial charge in [0, 0.05) is 16.8 Å². The Labute approximate surface area is 201 Å². The Morgan fingerprint density at radius 1 is 1.06 bits per heavy atom. The van der Waals surface area contributed by atoms with Crippen molar-refractivity contribution >= 4 is 40.2 Å². The van der Waals surface area contributed by atoms with Crippen LogP contribution in [-0.4, -0.2) is 39.9 Å². The van der Waals surface area contributed by atoms with E-state index < -0.39 is 5.97 Å². The van der Waals surface area contributed by atoms with Crippen molar-refractivity contribution in [2.75, 3.05) is 18.5 Å². The first-order valence-electron chi connectivity index (χ1n) is 10.8. The molecule has 174 valence electrons. The highest BCUT2D eigenvalue weighted by Crippen LogP contribution is 2.23. The van der Waals surface area contributed by atoms with Crippen molar-refractivity contribution in [3.8, 4) is 11.6 Å². The van der Waals surface area contributed by atoms with E-state index in [0.29, 0.717) is 29.6 Å². The van der Waals surface area contributed by atoms with Crippen molar-refractivity contribution in [1.29, 1.82) is 0 Å². The molecule has 4 rings (SSSR count). The van der Waals surface area contributed by atoms with Crippen molar-refractivity contribution in [2.45, 2.75) is 19.8 Å². The zero-order valence-corrected chi connectivity index (χ0v) is 19.3. The molecule has 34 heavy (non-hydrogen) atoms. The third kappa shape index (κ3) is 5.52. The maximum atomic E-state index is 12.7. The van der Waals surface area contributed by atoms with Crippen LogP contribution in [0.3, 0.4) is 0 Å². The fourth-order valence-electron chi connectivity index (χ4n) is 3.32. The fraction of sp³-hybridized carbons (Fsp3) is 0.200. The van der Waals surface area contributed by atoms with E-state index in [0.717, 1.165) is 10.9 Å². The highest BCUT2D eigenvalue weighted by atomic mass is 35.5. The summed E-state index contributed by atoms with van der Waals surface area (Å²) in [5.41, 5.74) is 0.924. The van der Waals surface area contributed by atoms with Crippen LogP contribution in [0.25, 0.3) is 16.7 Å². The summed E-state index contributed by atoms with van der Waals surface area (Å²) in [6, 6.07) is 18.3. The number of halogens is 1. The standard InChI is InChI=1S/C25H23ClN4O4/c1-2-33-25(32)20-16-27-30(22-14-9-17-6-3-4-7-21(17)28-22)24(20)29-23(31)8-5-15-34-19-12-10-18(26)11-13-19/h3-4,6-7,9-14,16H,2,5,8,15H2,1H3,(H,29,31). The van der Waals surface area contributed by atoms with E-state index in [9.17, 15) is 9.59 Å². The number of pyridine rings is 1. The monoisotopic (exact) mass is 478 g/mol. The summed E-state index contributed by atoms with van der Waals surface area (Å²) in [4.78, 5) is 29.8. The van der Waals surface area contributed by atoms with Gasteiger partial charge in [-0.1, -0.05) is 29.8 Å². The number of anilines is 1. The van der Waals surface area contributed by atoms with E-state index in [2.05, 4.69) is 15.4 Å². The number of hydrogen-bond donors (Lipinski definition) is 1. The normalized spacial score (nSPS) is 10.8. The molecule has 0 aliphatic heterocycles. The van der Waals surface area contributed by atoms with Gasteiger partial charge in [0.15, 0.2) is 11.6 Å². The average molecular weight is 479 g/mol. The Kier molecular flexibility index (Phi) is 7.39. The zero-order chi connectivity index (χ0) is 23.9. The molecule has 1 N–H and O–H groups in total. The second-order valence-corrected chi connectivity index (χ2v) is 7.79. The van der Waals surface area contributed by atoms with Gasteiger partial charge in [0.2, 0.25) is 5.91 Å². The fourth-order valence-corrected chi connectivity index (χ4v) is 3.45. The third-order valence-corrected chi connectivity index (χ3v) is 5.21. The van der Waals surface area contributed by atoms with Gasteiger partial charge in [-0.3, -0.25) is 4.79 Å². The van der Waals surface area contributed by atoms with Crippen molar-refractivity contribution < 1.29 is 19.1 Å². The largest absolute Gasteiger partial charge is 0.494 e. The third-order valence-electron chi connectivity index (χ3n) is 4.95. The summed E-state index contributed by atoms with van der Waals surface area (Å²) in [5, 5.41) is 8.69. The molecule has 0 aliphatic rings. The number of aromatic nitrogens is 3. The highest BCUT2D eigenvalue weighted by molar-refractivity contribution is 6.30. The quantitative estimate of drug-likeness (QED) is 0.267. The van der Waals surface area contributed by atoms with Crippen LogP contribution in [0.4, 0.5) is 5.82 Å². The lowest BCUT2D eigenvalue weighted by Crippen LogP contribution is -2.18. The minimum absolute atomic E-state index is 0.155. The zero-order valence-electron chi connectivity index (χ0n) is 18.5. The lowest BCUT2D eigenvalue weighted by atomic mass is 10.2. The van der Waals surface area contributed by atoms with Gasteiger partial charge in [0.1, 0.15) is 11.3 Å². The van der Waals surface area contributed by atoms with Crippen LogP contribution < -0.4 is 10.1 Å². The topological polar surface area (TPSA) is 95.3 Å². The number of carbonyl (C=O) groups excluding carboxylic acids is 2. The molecule has 0 saturated carbocycles. The molecular weight excluding hydrogens is 456 g/mol. The Morgan fingerprint density at radius 3 is 2.65 bits per heavy atom. The van der Waals surface area contributed by atoms with Gasteiger partial charge in [-0.05, 0) is 55.8 Å². The summed E-state index contributed by atoms with van der Waals surface area (Å²) in [5.74, 6) is 0.499. The Morgan fingerprint density at radius 2 is 1.85 bits per heavy atom. The van der Waals surface area contributed by atoms with Crippen molar-refractivity contribution in [1.82, 2.24) is 14.8 Å². The maximum absolute atomic E-state index is 12.7. The molecule has 4 aromatic rings. The van der Waals surface area contributed by atoms with Gasteiger partial charge >= 0.3 is 5.97 Å². The molecule has 8 nitrogen and oxygen atoms in total. The van der Waals surface area contributed by atoms with E-state index >= 15 is 0 Å². The summed E-state index contributed by atoms with van der Waals surface area (Å²) < 4.78 is 12.2. The number of fused-ring (bicyclic) bond motifs is 1. The van der Waals surface area contributed by atoms with Gasteiger partial charge in [0.05, 0.1) is 24.9 Å². The smallest absolute Gasteiger partial charge is 0.343 e. The molecular formula is C25H23ClN4O4. The summed E-state index contributed by atoms with van der Waals surface area (Å²) in [6.07, 6.45) is 2.03. The first kappa shape index (κ1) is 23.3. The van der Waals surface area contributed by atoms with Crippen LogP contribution in [-0.2, 0) is 9.53 Å². The lowest BCUT2D eigenvalue weighted by Gasteiger charge is -2.11. The number of esters is 1. The van der Waals surface area contributed by atoms with Crippen LogP contribution in [0.15, 0.2) is 66.9 Å². The Hall–Kier alpha value is -3.91. The van der Waals surface area contributed by atoms with Gasteiger partial charge in [0.25, 0.3) is 0 Å². The average Bonchev–Trinajstić information content (AvgIpc) is 3.26. The van der Waals surface area contributed by atoms with Crippen LogP contribution in [0, 0.1) is 0 Å². The molecule has 2 aromatic heterocycles. The predicted octanol–water partition coefficient (Wildman–Crippen LogP) is 5.05. The maximum Gasteiger partial charge on any atom is 0.343 e. The molecule has 0 fully saturated rings. The first-order valence-corrected chi connectivity index (χ1v) is 11.2. The molecule has 0 aliphatic carbocycles. The van der Waals surface area contributed by atoms with Gasteiger partial charge in [-0.2, -0.15) is 9.78 Å². The molecule has 9 heteroatoms. The van der Waals surface area contributed by atoms with Crippen LogP contribution in [0.2, 0.25) is 5.02 Å². The van der Waals surface area contributed by atoms with Crippen molar-refractivity contribution in [3.63, 3.8) is 0 Å². The molecule has 2 aromatic carbocycles. The number of hydrogen-bond acceptors (Lipinski definition) is 6. The predicted molar refractivity (Wildman–Crippen MR) is 130 cm³/mol. The number of ether oxygens (including phenoxy) is 2. The second kappa shape index (κ2) is 10.8. The van der Waals surface area contributed by atoms with Gasteiger partial charge < -0.3 is 14.8 Å². The Balaban J connectivity index is 1.49. The van der Waals surface area contributed by atoms with Gasteiger partial charge in [-0.25, -0.2) is 9.78 Å². The molecule has 0 saturated heterocycles. The number of carbonyl (C=O) groups is 2. The SMILES string of the molecule is CCOC(=O)c1cnn(-c2ccc3ccccc3n2)c1NC(=O)CCCOc1ccc(Cl)cc1. The Bertz CT molecular complexity index is 1300. The highest BCUT2D eigenvalue weighted by Gasteiger charge is 2.22. The molecule has 0 radical (unpaired) electrons.